The predicted octanol–water partition coefficient (Wildman–Crippen LogP) is 0.955. The number of β-lactam (4-membered cyclic amide) rings is 1. The summed E-state index contributed by atoms with van der Waals surface area (Å²) in [7, 11) is 1.29. The lowest BCUT2D eigenvalue weighted by molar-refractivity contribution is -0.687. The molecular formula is C23H21N6O5S2+. The van der Waals surface area contributed by atoms with E-state index in [9.17, 15) is 19.5 Å². The molecule has 5 rings (SSSR count). The van der Waals surface area contributed by atoms with Crippen molar-refractivity contribution < 1.29 is 28.9 Å². The Labute approximate surface area is 213 Å². The van der Waals surface area contributed by atoms with Crippen molar-refractivity contribution in [1.82, 2.24) is 15.2 Å². The van der Waals surface area contributed by atoms with E-state index in [0.29, 0.717) is 17.9 Å². The van der Waals surface area contributed by atoms with Gasteiger partial charge < -0.3 is 21.0 Å². The molecule has 1 fully saturated rings. The summed E-state index contributed by atoms with van der Waals surface area (Å²) in [6.45, 7) is 0.322. The average Bonchev–Trinajstić information content (AvgIpc) is 3.30. The first-order chi connectivity index (χ1) is 17.4. The number of amides is 2. The van der Waals surface area contributed by atoms with Gasteiger partial charge in [-0.2, -0.15) is 0 Å². The largest absolute Gasteiger partial charge is 0.477 e. The fraction of sp³-hybridized carbons (Fsp3) is 0.217. The van der Waals surface area contributed by atoms with Gasteiger partial charge in [0, 0.05) is 28.2 Å². The minimum Gasteiger partial charge on any atom is -0.477 e. The van der Waals surface area contributed by atoms with Gasteiger partial charge in [-0.15, -0.1) is 23.1 Å². The lowest BCUT2D eigenvalue weighted by Gasteiger charge is -2.49. The molecule has 0 spiro atoms. The molecule has 3 aromatic rings. The number of rotatable bonds is 7. The summed E-state index contributed by atoms with van der Waals surface area (Å²) in [4.78, 5) is 48.2. The zero-order valence-corrected chi connectivity index (χ0v) is 20.6. The van der Waals surface area contributed by atoms with Crippen molar-refractivity contribution in [1.29, 1.82) is 0 Å². The number of thioether (sulfide) groups is 1. The number of aromatic nitrogens is 2. The molecular weight excluding hydrogens is 504 g/mol. The maximum Gasteiger partial charge on any atom is 0.352 e. The first kappa shape index (κ1) is 23.8. The Kier molecular flexibility index (Phi) is 6.33. The molecule has 2 atom stereocenters. The number of carboxylic acids is 1. The van der Waals surface area contributed by atoms with Crippen LogP contribution in [0.15, 0.2) is 64.5 Å². The van der Waals surface area contributed by atoms with Crippen LogP contribution in [0.4, 0.5) is 5.13 Å². The van der Waals surface area contributed by atoms with Gasteiger partial charge in [-0.3, -0.25) is 14.5 Å². The van der Waals surface area contributed by atoms with Crippen molar-refractivity contribution in [3.63, 3.8) is 0 Å². The normalized spacial score (nSPS) is 19.6. The quantitative estimate of drug-likeness (QED) is 0.179. The SMILES string of the molecule is CON=C(C(=O)NC1C(=O)N2C(C(=O)O)=C(C[n+]3ccc4ccccc4c3)CS[C@@H]12)c1csc(N)n1. The van der Waals surface area contributed by atoms with Gasteiger partial charge in [-0.1, -0.05) is 23.4 Å². The smallest absolute Gasteiger partial charge is 0.352 e. The molecule has 11 nitrogen and oxygen atoms in total. The number of carboxylic acid groups (broad SMARTS) is 1. The van der Waals surface area contributed by atoms with Crippen LogP contribution in [0.2, 0.25) is 0 Å². The van der Waals surface area contributed by atoms with Crippen molar-refractivity contribution in [2.24, 2.45) is 5.16 Å². The number of thiazole rings is 1. The minimum absolute atomic E-state index is 0.0482. The van der Waals surface area contributed by atoms with Crippen LogP contribution in [-0.2, 0) is 25.8 Å². The molecule has 0 saturated carbocycles. The molecule has 0 aliphatic carbocycles. The van der Waals surface area contributed by atoms with E-state index in [-0.39, 0.29) is 22.2 Å². The lowest BCUT2D eigenvalue weighted by Crippen LogP contribution is -2.71. The van der Waals surface area contributed by atoms with Gasteiger partial charge in [0.25, 0.3) is 11.8 Å². The van der Waals surface area contributed by atoms with Crippen LogP contribution in [0.5, 0.6) is 0 Å². The summed E-state index contributed by atoms with van der Waals surface area (Å²) in [5.41, 5.74) is 6.31. The van der Waals surface area contributed by atoms with E-state index in [1.54, 1.807) is 5.38 Å². The number of carbonyl (C=O) groups excluding carboxylic acids is 2. The van der Waals surface area contributed by atoms with Crippen LogP contribution in [0.25, 0.3) is 10.8 Å². The van der Waals surface area contributed by atoms with E-state index in [1.807, 2.05) is 47.3 Å². The van der Waals surface area contributed by atoms with E-state index >= 15 is 0 Å². The minimum atomic E-state index is -1.19. The predicted molar refractivity (Wildman–Crippen MR) is 134 cm³/mol. The first-order valence-corrected chi connectivity index (χ1v) is 12.7. The third-order valence-corrected chi connectivity index (χ3v) is 7.83. The number of nitrogens with zero attached hydrogens (tertiary/aromatic N) is 4. The molecule has 2 aliphatic heterocycles. The summed E-state index contributed by atoms with van der Waals surface area (Å²) < 4.78 is 1.90. The molecule has 1 aromatic carbocycles. The van der Waals surface area contributed by atoms with Gasteiger partial charge in [0.05, 0.1) is 0 Å². The topological polar surface area (TPSA) is 151 Å². The fourth-order valence-corrected chi connectivity index (χ4v) is 6.09. The Morgan fingerprint density at radius 2 is 2.11 bits per heavy atom. The Morgan fingerprint density at radius 1 is 1.33 bits per heavy atom. The zero-order valence-electron chi connectivity index (χ0n) is 19.0. The van der Waals surface area contributed by atoms with E-state index in [0.717, 1.165) is 22.1 Å². The highest BCUT2D eigenvalue weighted by molar-refractivity contribution is 8.00. The highest BCUT2D eigenvalue weighted by atomic mass is 32.2. The number of anilines is 1. The molecule has 0 bridgehead atoms. The molecule has 4 heterocycles. The van der Waals surface area contributed by atoms with Crippen LogP contribution in [-0.4, -0.2) is 62.8 Å². The van der Waals surface area contributed by atoms with E-state index in [1.165, 1.54) is 23.8 Å². The van der Waals surface area contributed by atoms with Crippen molar-refractivity contribution in [2.45, 2.75) is 18.0 Å². The maximum absolute atomic E-state index is 13.0. The van der Waals surface area contributed by atoms with Crippen molar-refractivity contribution in [3.8, 4) is 0 Å². The molecule has 2 amide bonds. The average molecular weight is 526 g/mol. The third-order valence-electron chi connectivity index (χ3n) is 5.82. The van der Waals surface area contributed by atoms with Gasteiger partial charge in [0.15, 0.2) is 29.8 Å². The molecule has 1 saturated heterocycles. The third kappa shape index (κ3) is 4.27. The molecule has 184 valence electrons. The Morgan fingerprint density at radius 3 is 2.81 bits per heavy atom. The van der Waals surface area contributed by atoms with Crippen molar-refractivity contribution in [3.05, 3.63) is 65.1 Å². The molecule has 1 unspecified atom stereocenters. The number of fused-ring (bicyclic) bond motifs is 2. The monoisotopic (exact) mass is 525 g/mol. The molecule has 2 aliphatic rings. The lowest BCUT2D eigenvalue weighted by atomic mass is 10.0. The maximum atomic E-state index is 13.0. The molecule has 4 N–H and O–H groups in total. The Bertz CT molecular complexity index is 1450. The number of carbonyl (C=O) groups is 3. The van der Waals surface area contributed by atoms with Crippen LogP contribution in [0.3, 0.4) is 0 Å². The first-order valence-electron chi connectivity index (χ1n) is 10.8. The highest BCUT2D eigenvalue weighted by Crippen LogP contribution is 2.40. The van der Waals surface area contributed by atoms with Gasteiger partial charge in [-0.05, 0) is 11.5 Å². The molecule has 2 aromatic heterocycles. The summed E-state index contributed by atoms with van der Waals surface area (Å²) in [5, 5.41) is 19.7. The number of hydrogen-bond donors (Lipinski definition) is 3. The summed E-state index contributed by atoms with van der Waals surface area (Å²) in [5.74, 6) is -1.97. The number of nitrogen functional groups attached to an aromatic ring is 1. The van der Waals surface area contributed by atoms with Gasteiger partial charge in [-0.25, -0.2) is 14.3 Å². The fourth-order valence-electron chi connectivity index (χ4n) is 4.20. The van der Waals surface area contributed by atoms with Crippen LogP contribution < -0.4 is 15.6 Å². The zero-order chi connectivity index (χ0) is 25.4. The Hall–Kier alpha value is -3.97. The number of oxime groups is 1. The van der Waals surface area contributed by atoms with Crippen molar-refractivity contribution in [2.75, 3.05) is 18.6 Å². The summed E-state index contributed by atoms with van der Waals surface area (Å²) in [6.07, 6.45) is 3.83. The van der Waals surface area contributed by atoms with E-state index in [4.69, 9.17) is 10.6 Å². The van der Waals surface area contributed by atoms with Crippen molar-refractivity contribution >= 4 is 62.5 Å². The number of hydrogen-bond acceptors (Lipinski definition) is 9. The number of nitrogens with two attached hydrogens (primary N) is 1. The highest BCUT2D eigenvalue weighted by Gasteiger charge is 2.54. The molecule has 0 radical (unpaired) electrons. The molecule has 13 heteroatoms. The second-order valence-electron chi connectivity index (χ2n) is 8.06. The van der Waals surface area contributed by atoms with Gasteiger partial charge in [0.2, 0.25) is 0 Å². The Balaban J connectivity index is 1.36. The number of aliphatic carboxylic acids is 1. The van der Waals surface area contributed by atoms with E-state index in [2.05, 4.69) is 15.5 Å². The van der Waals surface area contributed by atoms with Crippen LogP contribution in [0.1, 0.15) is 5.69 Å². The van der Waals surface area contributed by atoms with Crippen LogP contribution in [0, 0.1) is 0 Å². The second kappa shape index (κ2) is 9.59. The van der Waals surface area contributed by atoms with Gasteiger partial charge >= 0.3 is 5.97 Å². The molecule has 36 heavy (non-hydrogen) atoms. The number of nitrogens with one attached hydrogen (secondary N) is 1. The van der Waals surface area contributed by atoms with Gasteiger partial charge in [0.1, 0.15) is 29.9 Å². The summed E-state index contributed by atoms with van der Waals surface area (Å²) >= 11 is 2.53. The standard InChI is InChI=1S/C23H20N6O5S2/c1-34-27-16(15-11-36-23(24)25-15)19(30)26-17-20(31)29-18(22(32)33)14(10-35-21(17)29)9-28-7-6-12-4-2-3-5-13(12)8-28/h2-8,11,17,21H,9-10H2,1H3,(H3-,24,25,26,30,32,33)/p+1/t17?,21-/m0/s1. The van der Waals surface area contributed by atoms with E-state index < -0.39 is 29.2 Å². The number of pyridine rings is 1. The summed E-state index contributed by atoms with van der Waals surface area (Å²) in [6, 6.07) is 8.93. The second-order valence-corrected chi connectivity index (χ2v) is 10.1. The van der Waals surface area contributed by atoms with Crippen LogP contribution >= 0.6 is 23.1 Å². The number of benzene rings is 1.